The quantitative estimate of drug-likeness (QED) is 0.867. The topological polar surface area (TPSA) is 41.1 Å². The van der Waals surface area contributed by atoms with E-state index in [0.29, 0.717) is 13.0 Å². The Morgan fingerprint density at radius 3 is 2.25 bits per heavy atom. The van der Waals surface area contributed by atoms with Crippen molar-refractivity contribution in [3.8, 4) is 0 Å². The van der Waals surface area contributed by atoms with Crippen molar-refractivity contribution in [2.75, 3.05) is 17.2 Å². The molecule has 0 spiro atoms. The maximum atomic E-state index is 11.9. The zero-order chi connectivity index (χ0) is 14.4. The summed E-state index contributed by atoms with van der Waals surface area (Å²) in [6.07, 6.45) is 0.446. The van der Waals surface area contributed by atoms with Crippen LogP contribution in [-0.4, -0.2) is 12.5 Å². The highest BCUT2D eigenvalue weighted by Gasteiger charge is 2.03. The van der Waals surface area contributed by atoms with Crippen LogP contribution in [0.25, 0.3) is 0 Å². The Bertz CT molecular complexity index is 559. The molecule has 0 saturated heterocycles. The molecule has 2 N–H and O–H groups in total. The molecular weight excluding hydrogens is 248 g/mol. The van der Waals surface area contributed by atoms with Crippen LogP contribution < -0.4 is 10.6 Å². The molecule has 1 amide bonds. The van der Waals surface area contributed by atoms with E-state index in [-0.39, 0.29) is 5.91 Å². The molecule has 0 aromatic heterocycles. The van der Waals surface area contributed by atoms with E-state index >= 15 is 0 Å². The first-order valence-electron chi connectivity index (χ1n) is 6.80. The lowest BCUT2D eigenvalue weighted by Crippen LogP contribution is -2.16. The summed E-state index contributed by atoms with van der Waals surface area (Å²) in [6.45, 7) is 4.68. The monoisotopic (exact) mass is 268 g/mol. The highest BCUT2D eigenvalue weighted by atomic mass is 16.1. The van der Waals surface area contributed by atoms with Crippen molar-refractivity contribution in [3.63, 3.8) is 0 Å². The maximum Gasteiger partial charge on any atom is 0.226 e. The molecule has 0 bridgehead atoms. The highest BCUT2D eigenvalue weighted by molar-refractivity contribution is 5.91. The van der Waals surface area contributed by atoms with Gasteiger partial charge in [-0.2, -0.15) is 0 Å². The van der Waals surface area contributed by atoms with E-state index < -0.39 is 0 Å². The number of carbonyl (C=O) groups is 1. The number of aryl methyl sites for hydroxylation is 2. The minimum Gasteiger partial charge on any atom is -0.385 e. The molecule has 0 aliphatic rings. The van der Waals surface area contributed by atoms with Crippen LogP contribution in [-0.2, 0) is 4.79 Å². The Morgan fingerprint density at radius 1 is 0.950 bits per heavy atom. The number of nitrogens with one attached hydrogen (secondary N) is 2. The second-order valence-electron chi connectivity index (χ2n) is 4.97. The summed E-state index contributed by atoms with van der Waals surface area (Å²) in [6, 6.07) is 15.9. The van der Waals surface area contributed by atoms with E-state index in [1.165, 1.54) is 0 Å². The van der Waals surface area contributed by atoms with Gasteiger partial charge in [-0.1, -0.05) is 24.3 Å². The fraction of sp³-hybridized carbons (Fsp3) is 0.235. The molecule has 0 saturated carbocycles. The van der Waals surface area contributed by atoms with Gasteiger partial charge in [-0.05, 0) is 49.2 Å². The number of amides is 1. The van der Waals surface area contributed by atoms with Crippen LogP contribution in [0.3, 0.4) is 0 Å². The molecule has 3 nitrogen and oxygen atoms in total. The average Bonchev–Trinajstić information content (AvgIpc) is 2.38. The van der Waals surface area contributed by atoms with E-state index in [1.54, 1.807) is 0 Å². The Labute approximate surface area is 120 Å². The first-order chi connectivity index (χ1) is 9.63. The zero-order valence-electron chi connectivity index (χ0n) is 11.9. The van der Waals surface area contributed by atoms with E-state index in [0.717, 1.165) is 22.5 Å². The standard InChI is InChI=1S/C17H20N2O/c1-13-10-14(2)12-16(11-13)19-17(20)8-9-18-15-6-4-3-5-7-15/h3-7,10-12,18H,8-9H2,1-2H3,(H,19,20). The molecule has 20 heavy (non-hydrogen) atoms. The van der Waals surface area contributed by atoms with E-state index in [9.17, 15) is 4.79 Å². The Hall–Kier alpha value is -2.29. The third-order valence-electron chi connectivity index (χ3n) is 2.96. The van der Waals surface area contributed by atoms with E-state index in [2.05, 4.69) is 16.7 Å². The van der Waals surface area contributed by atoms with Crippen molar-refractivity contribution in [1.82, 2.24) is 0 Å². The molecule has 2 aromatic rings. The summed E-state index contributed by atoms with van der Waals surface area (Å²) in [7, 11) is 0. The van der Waals surface area contributed by atoms with Crippen LogP contribution in [0.15, 0.2) is 48.5 Å². The second-order valence-corrected chi connectivity index (χ2v) is 4.97. The molecule has 0 unspecified atom stereocenters. The van der Waals surface area contributed by atoms with Crippen LogP contribution in [0.1, 0.15) is 17.5 Å². The Balaban J connectivity index is 1.81. The zero-order valence-corrected chi connectivity index (χ0v) is 11.9. The van der Waals surface area contributed by atoms with Gasteiger partial charge in [0.2, 0.25) is 5.91 Å². The lowest BCUT2D eigenvalue weighted by Gasteiger charge is -2.09. The molecule has 104 valence electrons. The minimum atomic E-state index is 0.0263. The predicted octanol–water partition coefficient (Wildman–Crippen LogP) is 3.74. The number of benzene rings is 2. The molecule has 0 aliphatic carbocycles. The van der Waals surface area contributed by atoms with Crippen LogP contribution in [0.4, 0.5) is 11.4 Å². The second kappa shape index (κ2) is 6.75. The van der Waals surface area contributed by atoms with Crippen molar-refractivity contribution >= 4 is 17.3 Å². The normalized spacial score (nSPS) is 10.1. The van der Waals surface area contributed by atoms with Crippen molar-refractivity contribution in [2.45, 2.75) is 20.3 Å². The largest absolute Gasteiger partial charge is 0.385 e. The first-order valence-corrected chi connectivity index (χ1v) is 6.80. The minimum absolute atomic E-state index is 0.0263. The maximum absolute atomic E-state index is 11.9. The average molecular weight is 268 g/mol. The molecule has 2 aromatic carbocycles. The van der Waals surface area contributed by atoms with Gasteiger partial charge < -0.3 is 10.6 Å². The number of carbonyl (C=O) groups excluding carboxylic acids is 1. The van der Waals surface area contributed by atoms with Crippen LogP contribution >= 0.6 is 0 Å². The smallest absolute Gasteiger partial charge is 0.226 e. The van der Waals surface area contributed by atoms with Gasteiger partial charge >= 0.3 is 0 Å². The number of hydrogen-bond acceptors (Lipinski definition) is 2. The fourth-order valence-electron chi connectivity index (χ4n) is 2.15. The summed E-state index contributed by atoms with van der Waals surface area (Å²) < 4.78 is 0. The highest BCUT2D eigenvalue weighted by Crippen LogP contribution is 2.14. The number of hydrogen-bond donors (Lipinski definition) is 2. The summed E-state index contributed by atoms with van der Waals surface area (Å²) in [5.74, 6) is 0.0263. The summed E-state index contributed by atoms with van der Waals surface area (Å²) in [5, 5.41) is 6.15. The summed E-state index contributed by atoms with van der Waals surface area (Å²) in [5.41, 5.74) is 4.21. The van der Waals surface area contributed by atoms with Gasteiger partial charge in [-0.15, -0.1) is 0 Å². The van der Waals surface area contributed by atoms with E-state index in [4.69, 9.17) is 0 Å². The number of anilines is 2. The van der Waals surface area contributed by atoms with Crippen molar-refractivity contribution in [3.05, 3.63) is 59.7 Å². The molecule has 0 aliphatic heterocycles. The lowest BCUT2D eigenvalue weighted by molar-refractivity contribution is -0.115. The summed E-state index contributed by atoms with van der Waals surface area (Å²) in [4.78, 5) is 11.9. The van der Waals surface area contributed by atoms with Gasteiger partial charge in [0, 0.05) is 24.3 Å². The van der Waals surface area contributed by atoms with Crippen LogP contribution in [0, 0.1) is 13.8 Å². The molecule has 0 heterocycles. The number of rotatable bonds is 5. The SMILES string of the molecule is Cc1cc(C)cc(NC(=O)CCNc2ccccc2)c1. The molecule has 2 rings (SSSR count). The molecule has 0 atom stereocenters. The third-order valence-corrected chi connectivity index (χ3v) is 2.96. The van der Waals surface area contributed by atoms with Gasteiger partial charge in [0.1, 0.15) is 0 Å². The fourth-order valence-corrected chi connectivity index (χ4v) is 2.15. The van der Waals surface area contributed by atoms with Crippen molar-refractivity contribution in [2.24, 2.45) is 0 Å². The Kier molecular flexibility index (Phi) is 4.77. The predicted molar refractivity (Wildman–Crippen MR) is 84.1 cm³/mol. The molecule has 3 heteroatoms. The molecular formula is C17H20N2O. The molecule has 0 fully saturated rings. The van der Waals surface area contributed by atoms with Gasteiger partial charge in [0.15, 0.2) is 0 Å². The van der Waals surface area contributed by atoms with Gasteiger partial charge in [-0.3, -0.25) is 4.79 Å². The van der Waals surface area contributed by atoms with Crippen molar-refractivity contribution in [1.29, 1.82) is 0 Å². The van der Waals surface area contributed by atoms with Gasteiger partial charge in [0.25, 0.3) is 0 Å². The lowest BCUT2D eigenvalue weighted by atomic mass is 10.1. The number of para-hydroxylation sites is 1. The molecule has 0 radical (unpaired) electrons. The van der Waals surface area contributed by atoms with Gasteiger partial charge in [0.05, 0.1) is 0 Å². The Morgan fingerprint density at radius 2 is 1.60 bits per heavy atom. The van der Waals surface area contributed by atoms with Crippen LogP contribution in [0.2, 0.25) is 0 Å². The van der Waals surface area contributed by atoms with Gasteiger partial charge in [-0.25, -0.2) is 0 Å². The third kappa shape index (κ3) is 4.43. The summed E-state index contributed by atoms with van der Waals surface area (Å²) >= 11 is 0. The van der Waals surface area contributed by atoms with Crippen molar-refractivity contribution < 1.29 is 4.79 Å². The first kappa shape index (κ1) is 14.1. The van der Waals surface area contributed by atoms with E-state index in [1.807, 2.05) is 56.3 Å². The van der Waals surface area contributed by atoms with Crippen LogP contribution in [0.5, 0.6) is 0 Å².